The Hall–Kier alpha value is -0.770. The first-order chi connectivity index (χ1) is 5.00. The monoisotopic (exact) mass is 159 g/mol. The van der Waals surface area contributed by atoms with Gasteiger partial charge in [-0.25, -0.2) is 4.79 Å². The second-order valence-electron chi connectivity index (χ2n) is 2.87. The van der Waals surface area contributed by atoms with E-state index in [4.69, 9.17) is 5.73 Å². The molecule has 0 heterocycles. The maximum atomic E-state index is 11.2. The number of nitrogens with two attached hydrogens (primary N) is 1. The van der Waals surface area contributed by atoms with Gasteiger partial charge in [-0.1, -0.05) is 0 Å². The lowest BCUT2D eigenvalue weighted by Gasteiger charge is -2.26. The van der Waals surface area contributed by atoms with Crippen LogP contribution in [0.2, 0.25) is 0 Å². The first kappa shape index (κ1) is 10.2. The van der Waals surface area contributed by atoms with E-state index in [9.17, 15) is 4.79 Å². The van der Waals surface area contributed by atoms with Gasteiger partial charge in [0.2, 0.25) is 0 Å². The highest BCUT2D eigenvalue weighted by atomic mass is 16.2. The van der Waals surface area contributed by atoms with Crippen LogP contribution in [0.3, 0.4) is 0 Å². The lowest BCUT2D eigenvalue weighted by Crippen LogP contribution is -2.44. The van der Waals surface area contributed by atoms with Crippen molar-refractivity contribution in [2.24, 2.45) is 5.73 Å². The molecule has 1 atom stereocenters. The molecular formula is C7H17N3O. The van der Waals surface area contributed by atoms with Gasteiger partial charge in [-0.15, -0.1) is 0 Å². The van der Waals surface area contributed by atoms with Crippen LogP contribution in [0.15, 0.2) is 0 Å². The van der Waals surface area contributed by atoms with E-state index in [0.29, 0.717) is 6.54 Å². The van der Waals surface area contributed by atoms with Gasteiger partial charge in [0, 0.05) is 33.7 Å². The number of carbonyl (C=O) groups excluding carboxylic acids is 1. The van der Waals surface area contributed by atoms with Crippen molar-refractivity contribution < 1.29 is 4.79 Å². The molecular weight excluding hydrogens is 142 g/mol. The molecule has 0 radical (unpaired) electrons. The summed E-state index contributed by atoms with van der Waals surface area (Å²) in [5.74, 6) is 0. The minimum atomic E-state index is -0.0112. The molecule has 4 heteroatoms. The smallest absolute Gasteiger partial charge is 0.319 e. The number of nitrogens with zero attached hydrogens (tertiary/aromatic N) is 2. The third-order valence-corrected chi connectivity index (χ3v) is 1.69. The average molecular weight is 159 g/mol. The number of hydrogen-bond acceptors (Lipinski definition) is 2. The van der Waals surface area contributed by atoms with E-state index in [2.05, 4.69) is 0 Å². The van der Waals surface area contributed by atoms with E-state index >= 15 is 0 Å². The van der Waals surface area contributed by atoms with Gasteiger partial charge in [0.15, 0.2) is 0 Å². The molecule has 0 bridgehead atoms. The van der Waals surface area contributed by atoms with E-state index in [1.165, 1.54) is 4.90 Å². The van der Waals surface area contributed by atoms with Crippen LogP contribution >= 0.6 is 0 Å². The zero-order chi connectivity index (χ0) is 9.02. The molecule has 0 fully saturated rings. The summed E-state index contributed by atoms with van der Waals surface area (Å²) in [6.07, 6.45) is 0. The molecule has 0 aliphatic carbocycles. The zero-order valence-electron chi connectivity index (χ0n) is 7.66. The average Bonchev–Trinajstić information content (AvgIpc) is 2.00. The summed E-state index contributed by atoms with van der Waals surface area (Å²) in [5, 5.41) is 0. The predicted octanol–water partition coefficient (Wildman–Crippen LogP) is -0.0530. The van der Waals surface area contributed by atoms with Gasteiger partial charge in [-0.05, 0) is 6.92 Å². The van der Waals surface area contributed by atoms with Crippen LogP contribution < -0.4 is 5.73 Å². The Morgan fingerprint density at radius 1 is 1.45 bits per heavy atom. The second-order valence-corrected chi connectivity index (χ2v) is 2.87. The molecule has 0 saturated carbocycles. The van der Waals surface area contributed by atoms with Gasteiger partial charge in [0.05, 0.1) is 0 Å². The number of amides is 2. The SMILES string of the molecule is CC(CN)N(C)C(=O)N(C)C. The molecule has 1 unspecified atom stereocenters. The summed E-state index contributed by atoms with van der Waals surface area (Å²) in [5.41, 5.74) is 5.40. The Kier molecular flexibility index (Phi) is 3.89. The Balaban J connectivity index is 4.02. The number of urea groups is 1. The Morgan fingerprint density at radius 3 is 2.18 bits per heavy atom. The van der Waals surface area contributed by atoms with Crippen molar-refractivity contribution >= 4 is 6.03 Å². The number of likely N-dealkylation sites (N-methyl/N-ethyl adjacent to an activating group) is 1. The van der Waals surface area contributed by atoms with Crippen LogP contribution in [-0.4, -0.2) is 49.6 Å². The molecule has 0 aliphatic rings. The summed E-state index contributed by atoms with van der Waals surface area (Å²) >= 11 is 0. The van der Waals surface area contributed by atoms with E-state index in [1.54, 1.807) is 26.0 Å². The maximum absolute atomic E-state index is 11.2. The highest BCUT2D eigenvalue weighted by Gasteiger charge is 2.14. The van der Waals surface area contributed by atoms with E-state index in [0.717, 1.165) is 0 Å². The third-order valence-electron chi connectivity index (χ3n) is 1.69. The molecule has 2 amide bonds. The van der Waals surface area contributed by atoms with Crippen LogP contribution in [0.1, 0.15) is 6.92 Å². The molecule has 0 rings (SSSR count). The first-order valence-electron chi connectivity index (χ1n) is 3.65. The number of rotatable bonds is 2. The fraction of sp³-hybridized carbons (Fsp3) is 0.857. The molecule has 11 heavy (non-hydrogen) atoms. The molecule has 0 aromatic heterocycles. The van der Waals surface area contributed by atoms with Crippen LogP contribution in [0.5, 0.6) is 0 Å². The standard InChI is InChI=1S/C7H17N3O/c1-6(5-8)10(4)7(11)9(2)3/h6H,5,8H2,1-4H3. The molecule has 0 aliphatic heterocycles. The molecule has 0 aromatic carbocycles. The van der Waals surface area contributed by atoms with Crippen molar-refractivity contribution in [3.63, 3.8) is 0 Å². The van der Waals surface area contributed by atoms with Crippen molar-refractivity contribution in [3.05, 3.63) is 0 Å². The highest BCUT2D eigenvalue weighted by molar-refractivity contribution is 5.73. The van der Waals surface area contributed by atoms with Crippen LogP contribution in [-0.2, 0) is 0 Å². The van der Waals surface area contributed by atoms with Crippen molar-refractivity contribution in [1.82, 2.24) is 9.80 Å². The van der Waals surface area contributed by atoms with Crippen molar-refractivity contribution in [3.8, 4) is 0 Å². The van der Waals surface area contributed by atoms with Gasteiger partial charge < -0.3 is 15.5 Å². The van der Waals surface area contributed by atoms with Gasteiger partial charge >= 0.3 is 6.03 Å². The molecule has 66 valence electrons. The van der Waals surface area contributed by atoms with Crippen molar-refractivity contribution in [2.75, 3.05) is 27.7 Å². The summed E-state index contributed by atoms with van der Waals surface area (Å²) in [6.45, 7) is 2.41. The van der Waals surface area contributed by atoms with Crippen LogP contribution in [0.25, 0.3) is 0 Å². The fourth-order valence-electron chi connectivity index (χ4n) is 0.662. The lowest BCUT2D eigenvalue weighted by molar-refractivity contribution is 0.168. The third kappa shape index (κ3) is 2.76. The summed E-state index contributed by atoms with van der Waals surface area (Å²) in [7, 11) is 5.20. The topological polar surface area (TPSA) is 49.6 Å². The quantitative estimate of drug-likeness (QED) is 0.614. The summed E-state index contributed by atoms with van der Waals surface area (Å²) in [6, 6.07) is 0.0906. The molecule has 0 saturated heterocycles. The predicted molar refractivity (Wildman–Crippen MR) is 45.4 cm³/mol. The first-order valence-corrected chi connectivity index (χ1v) is 3.65. The number of carbonyl (C=O) groups is 1. The summed E-state index contributed by atoms with van der Waals surface area (Å²) < 4.78 is 0. The van der Waals surface area contributed by atoms with Crippen LogP contribution in [0.4, 0.5) is 4.79 Å². The molecule has 0 spiro atoms. The van der Waals surface area contributed by atoms with Crippen LogP contribution in [0, 0.1) is 0 Å². The van der Waals surface area contributed by atoms with Crippen molar-refractivity contribution in [1.29, 1.82) is 0 Å². The summed E-state index contributed by atoms with van der Waals surface area (Å²) in [4.78, 5) is 14.4. The van der Waals surface area contributed by atoms with Crippen molar-refractivity contribution in [2.45, 2.75) is 13.0 Å². The largest absolute Gasteiger partial charge is 0.331 e. The van der Waals surface area contributed by atoms with Gasteiger partial charge in [-0.2, -0.15) is 0 Å². The van der Waals surface area contributed by atoms with E-state index in [-0.39, 0.29) is 12.1 Å². The van der Waals surface area contributed by atoms with E-state index < -0.39 is 0 Å². The minimum Gasteiger partial charge on any atom is -0.331 e. The number of hydrogen-bond donors (Lipinski definition) is 1. The molecule has 0 aromatic rings. The fourth-order valence-corrected chi connectivity index (χ4v) is 0.662. The zero-order valence-corrected chi connectivity index (χ0v) is 7.66. The normalized spacial score (nSPS) is 12.5. The maximum Gasteiger partial charge on any atom is 0.319 e. The van der Waals surface area contributed by atoms with Gasteiger partial charge in [0.25, 0.3) is 0 Å². The van der Waals surface area contributed by atoms with Gasteiger partial charge in [0.1, 0.15) is 0 Å². The Morgan fingerprint density at radius 2 is 1.91 bits per heavy atom. The second kappa shape index (κ2) is 4.18. The highest BCUT2D eigenvalue weighted by Crippen LogP contribution is 1.96. The van der Waals surface area contributed by atoms with E-state index in [1.807, 2.05) is 6.92 Å². The Bertz CT molecular complexity index is 136. The molecule has 4 nitrogen and oxygen atoms in total. The lowest BCUT2D eigenvalue weighted by atomic mass is 10.3. The Labute approximate surface area is 67.9 Å². The minimum absolute atomic E-state index is 0.0112. The van der Waals surface area contributed by atoms with Gasteiger partial charge in [-0.3, -0.25) is 0 Å². The molecule has 2 N–H and O–H groups in total.